The van der Waals surface area contributed by atoms with Crippen molar-refractivity contribution in [2.24, 2.45) is 0 Å². The van der Waals surface area contributed by atoms with Crippen molar-refractivity contribution in [1.82, 2.24) is 10.3 Å². The quantitative estimate of drug-likeness (QED) is 0.678. The highest BCUT2D eigenvalue weighted by molar-refractivity contribution is 5.83. The molecule has 0 atom stereocenters. The second-order valence-corrected chi connectivity index (χ2v) is 5.77. The molecule has 0 bridgehead atoms. The Morgan fingerprint density at radius 2 is 1.96 bits per heavy atom. The van der Waals surface area contributed by atoms with E-state index in [9.17, 15) is 9.59 Å². The third-order valence-corrected chi connectivity index (χ3v) is 4.09. The first-order valence-corrected chi connectivity index (χ1v) is 8.17. The molecule has 0 fully saturated rings. The number of H-pyrrole nitrogens is 1. The topological polar surface area (TPSA) is 93.6 Å². The summed E-state index contributed by atoms with van der Waals surface area (Å²) in [7, 11) is 3.09. The van der Waals surface area contributed by atoms with Crippen molar-refractivity contribution in [3.8, 4) is 11.5 Å². The maximum absolute atomic E-state index is 12.3. The number of fused-ring (bicyclic) bond motifs is 1. The summed E-state index contributed by atoms with van der Waals surface area (Å²) in [5.41, 5.74) is 0.972. The first-order valence-electron chi connectivity index (χ1n) is 8.17. The van der Waals surface area contributed by atoms with E-state index in [0.717, 1.165) is 5.39 Å². The number of aromatic amines is 1. The fourth-order valence-corrected chi connectivity index (χ4v) is 2.70. The molecule has 1 amide bonds. The maximum Gasteiger partial charge on any atom is 0.251 e. The molecule has 0 spiro atoms. The average Bonchev–Trinajstić information content (AvgIpc) is 3.17. The number of hydrogen-bond donors (Lipinski definition) is 2. The molecule has 136 valence electrons. The number of benzene rings is 1. The Morgan fingerprint density at radius 3 is 2.65 bits per heavy atom. The molecule has 0 aliphatic carbocycles. The van der Waals surface area contributed by atoms with E-state index in [4.69, 9.17) is 13.9 Å². The lowest BCUT2D eigenvalue weighted by molar-refractivity contribution is -0.121. The molecule has 0 aliphatic rings. The van der Waals surface area contributed by atoms with Crippen molar-refractivity contribution in [1.29, 1.82) is 0 Å². The van der Waals surface area contributed by atoms with Crippen molar-refractivity contribution < 1.29 is 18.7 Å². The molecule has 26 heavy (non-hydrogen) atoms. The molecule has 2 N–H and O–H groups in total. The van der Waals surface area contributed by atoms with Crippen molar-refractivity contribution in [3.63, 3.8) is 0 Å². The highest BCUT2D eigenvalue weighted by Gasteiger charge is 2.11. The monoisotopic (exact) mass is 356 g/mol. The number of carbonyl (C=O) groups is 1. The van der Waals surface area contributed by atoms with Gasteiger partial charge in [0.2, 0.25) is 5.91 Å². The molecule has 7 nitrogen and oxygen atoms in total. The molecular formula is C19H20N2O5. The third kappa shape index (κ3) is 3.88. The predicted molar refractivity (Wildman–Crippen MR) is 96.5 cm³/mol. The van der Waals surface area contributed by atoms with Crippen molar-refractivity contribution >= 4 is 16.8 Å². The molecule has 2 aromatic heterocycles. The van der Waals surface area contributed by atoms with Gasteiger partial charge in [-0.3, -0.25) is 9.59 Å². The van der Waals surface area contributed by atoms with Gasteiger partial charge in [0.05, 0.1) is 32.5 Å². The van der Waals surface area contributed by atoms with Crippen molar-refractivity contribution in [2.45, 2.75) is 19.4 Å². The largest absolute Gasteiger partial charge is 0.493 e. The van der Waals surface area contributed by atoms with Gasteiger partial charge in [-0.2, -0.15) is 0 Å². The van der Waals surface area contributed by atoms with Gasteiger partial charge in [0, 0.05) is 23.4 Å². The van der Waals surface area contributed by atoms with Crippen LogP contribution in [0.4, 0.5) is 0 Å². The highest BCUT2D eigenvalue weighted by atomic mass is 16.5. The van der Waals surface area contributed by atoms with Crippen LogP contribution in [0.5, 0.6) is 11.5 Å². The van der Waals surface area contributed by atoms with E-state index in [0.29, 0.717) is 41.3 Å². The van der Waals surface area contributed by atoms with Crippen LogP contribution in [0.2, 0.25) is 0 Å². The lowest BCUT2D eigenvalue weighted by Gasteiger charge is -2.10. The number of nitrogens with one attached hydrogen (secondary N) is 2. The second-order valence-electron chi connectivity index (χ2n) is 5.77. The number of rotatable bonds is 7. The molecular weight excluding hydrogens is 336 g/mol. The smallest absolute Gasteiger partial charge is 0.251 e. The van der Waals surface area contributed by atoms with E-state index in [1.54, 1.807) is 43.7 Å². The van der Waals surface area contributed by atoms with Gasteiger partial charge in [-0.15, -0.1) is 0 Å². The van der Waals surface area contributed by atoms with Gasteiger partial charge in [-0.25, -0.2) is 0 Å². The summed E-state index contributed by atoms with van der Waals surface area (Å²) in [5, 5.41) is 3.58. The van der Waals surface area contributed by atoms with E-state index in [1.165, 1.54) is 7.11 Å². The van der Waals surface area contributed by atoms with Crippen LogP contribution in [0.25, 0.3) is 10.9 Å². The zero-order valence-electron chi connectivity index (χ0n) is 14.6. The number of methoxy groups -OCH3 is 2. The second kappa shape index (κ2) is 7.77. The van der Waals surface area contributed by atoms with Crippen LogP contribution in [0.3, 0.4) is 0 Å². The summed E-state index contributed by atoms with van der Waals surface area (Å²) in [5.74, 6) is 1.66. The van der Waals surface area contributed by atoms with Gasteiger partial charge in [0.15, 0.2) is 11.5 Å². The van der Waals surface area contributed by atoms with Crippen molar-refractivity contribution in [3.05, 3.63) is 58.3 Å². The molecule has 1 aromatic carbocycles. The number of carbonyl (C=O) groups excluding carboxylic acids is 1. The minimum Gasteiger partial charge on any atom is -0.493 e. The van der Waals surface area contributed by atoms with Gasteiger partial charge in [0.1, 0.15) is 5.76 Å². The van der Waals surface area contributed by atoms with Gasteiger partial charge in [-0.05, 0) is 30.7 Å². The molecule has 0 saturated heterocycles. The third-order valence-electron chi connectivity index (χ3n) is 4.09. The Hall–Kier alpha value is -3.22. The molecule has 0 unspecified atom stereocenters. The van der Waals surface area contributed by atoms with Gasteiger partial charge in [0.25, 0.3) is 5.56 Å². The van der Waals surface area contributed by atoms with Crippen LogP contribution in [-0.4, -0.2) is 25.1 Å². The Bertz CT molecular complexity index is 960. The van der Waals surface area contributed by atoms with Crippen LogP contribution >= 0.6 is 0 Å². The summed E-state index contributed by atoms with van der Waals surface area (Å²) in [4.78, 5) is 27.1. The summed E-state index contributed by atoms with van der Waals surface area (Å²) in [6.45, 7) is 0.330. The molecule has 7 heteroatoms. The van der Waals surface area contributed by atoms with Gasteiger partial charge < -0.3 is 24.2 Å². The normalized spacial score (nSPS) is 10.7. The Kier molecular flexibility index (Phi) is 5.26. The van der Waals surface area contributed by atoms with E-state index in [1.807, 2.05) is 0 Å². The lowest BCUT2D eigenvalue weighted by Crippen LogP contribution is -2.24. The molecule has 3 rings (SSSR count). The molecule has 0 radical (unpaired) electrons. The summed E-state index contributed by atoms with van der Waals surface area (Å²) in [6.07, 6.45) is 2.10. The van der Waals surface area contributed by atoms with Crippen molar-refractivity contribution in [2.75, 3.05) is 14.2 Å². The number of hydrogen-bond acceptors (Lipinski definition) is 5. The average molecular weight is 356 g/mol. The van der Waals surface area contributed by atoms with Crippen LogP contribution in [0.15, 0.2) is 45.8 Å². The molecule has 0 aliphatic heterocycles. The first-order chi connectivity index (χ1) is 12.6. The SMILES string of the molecule is COc1cc2cc(CCC(=O)NCc3ccco3)c(=O)[nH]c2cc1OC. The summed E-state index contributed by atoms with van der Waals surface area (Å²) < 4.78 is 15.7. The predicted octanol–water partition coefficient (Wildman–Crippen LogP) is 2.39. The number of aryl methyl sites for hydroxylation is 1. The number of aromatic nitrogens is 1. The fraction of sp³-hybridized carbons (Fsp3) is 0.263. The fourth-order valence-electron chi connectivity index (χ4n) is 2.70. The number of pyridine rings is 1. The standard InChI is InChI=1S/C19H20N2O5/c1-24-16-9-13-8-12(19(23)21-15(13)10-17(16)25-2)5-6-18(22)20-11-14-4-3-7-26-14/h3-4,7-10H,5-6,11H2,1-2H3,(H,20,22)(H,21,23). The zero-order valence-corrected chi connectivity index (χ0v) is 14.6. The summed E-state index contributed by atoms with van der Waals surface area (Å²) in [6, 6.07) is 8.84. The highest BCUT2D eigenvalue weighted by Crippen LogP contribution is 2.31. The van der Waals surface area contributed by atoms with Crippen LogP contribution in [0, 0.1) is 0 Å². The van der Waals surface area contributed by atoms with Gasteiger partial charge >= 0.3 is 0 Å². The lowest BCUT2D eigenvalue weighted by atomic mass is 10.1. The number of ether oxygens (including phenoxy) is 2. The molecule has 3 aromatic rings. The minimum absolute atomic E-state index is 0.145. The Morgan fingerprint density at radius 1 is 1.19 bits per heavy atom. The maximum atomic E-state index is 12.3. The first kappa shape index (κ1) is 17.6. The van der Waals surface area contributed by atoms with Crippen LogP contribution in [-0.2, 0) is 17.8 Å². The van der Waals surface area contributed by atoms with Crippen LogP contribution in [0.1, 0.15) is 17.7 Å². The minimum atomic E-state index is -0.219. The van der Waals surface area contributed by atoms with Gasteiger partial charge in [-0.1, -0.05) is 0 Å². The number of amides is 1. The number of furan rings is 1. The Labute approximate surface area is 149 Å². The zero-order chi connectivity index (χ0) is 18.5. The Balaban J connectivity index is 1.72. The van der Waals surface area contributed by atoms with E-state index in [2.05, 4.69) is 10.3 Å². The van der Waals surface area contributed by atoms with E-state index >= 15 is 0 Å². The van der Waals surface area contributed by atoms with E-state index < -0.39 is 0 Å². The van der Waals surface area contributed by atoms with E-state index in [-0.39, 0.29) is 17.9 Å². The van der Waals surface area contributed by atoms with Crippen LogP contribution < -0.4 is 20.3 Å². The summed E-state index contributed by atoms with van der Waals surface area (Å²) >= 11 is 0. The molecule has 2 heterocycles. The molecule has 0 saturated carbocycles.